The first-order chi connectivity index (χ1) is 3.39. The molecule has 1 aliphatic carbocycles. The van der Waals surface area contributed by atoms with Crippen molar-refractivity contribution in [3.05, 3.63) is 0 Å². The van der Waals surface area contributed by atoms with Crippen molar-refractivity contribution in [1.82, 2.24) is 0 Å². The number of carbonyl (C=O) groups excluding carboxylic acids is 1. The second-order valence-corrected chi connectivity index (χ2v) is 2.10. The minimum Gasteiger partial charge on any atom is -1.00 e. The van der Waals surface area contributed by atoms with Gasteiger partial charge in [0.2, 0.25) is 0 Å². The second-order valence-electron chi connectivity index (χ2n) is 2.10. The van der Waals surface area contributed by atoms with Crippen LogP contribution < -0.4 is 51.4 Å². The largest absolute Gasteiger partial charge is 1.00 e. The maximum absolute atomic E-state index is 10.5. The van der Waals surface area contributed by atoms with E-state index in [9.17, 15) is 4.79 Å². The summed E-state index contributed by atoms with van der Waals surface area (Å²) < 4.78 is 0. The molecule has 0 atom stereocenters. The number of carbonyl (C=O) groups is 1. The van der Waals surface area contributed by atoms with Crippen LogP contribution in [0.4, 0.5) is 0 Å². The molecule has 0 radical (unpaired) electrons. The number of hydrogen-bond donors (Lipinski definition) is 0. The van der Waals surface area contributed by atoms with Gasteiger partial charge in [0, 0.05) is 12.8 Å². The Hall–Kier alpha value is 1.31. The Morgan fingerprint density at radius 3 is 1.88 bits per heavy atom. The van der Waals surface area contributed by atoms with Crippen LogP contribution in [0, 0.1) is 0 Å². The van der Waals surface area contributed by atoms with E-state index in [0.29, 0.717) is 5.78 Å². The topological polar surface area (TPSA) is 17.1 Å². The Kier molecular flexibility index (Phi) is 5.96. The van der Waals surface area contributed by atoms with E-state index in [2.05, 4.69) is 0 Å². The number of hydrogen-bond acceptors (Lipinski definition) is 1. The smallest absolute Gasteiger partial charge is 1.00 e. The zero-order chi connectivity index (χ0) is 5.11. The van der Waals surface area contributed by atoms with E-state index in [1.807, 2.05) is 0 Å². The summed E-state index contributed by atoms with van der Waals surface area (Å²) in [7, 11) is 0. The molecular formula is C6H11KO. The van der Waals surface area contributed by atoms with Gasteiger partial charge >= 0.3 is 51.4 Å². The number of Topliss-reactive ketones (excluding diaryl/α,β-unsaturated/α-hetero) is 1. The Bertz CT molecular complexity index is 77.1. The number of ketones is 1. The molecule has 0 bridgehead atoms. The Labute approximate surface area is 94.1 Å². The van der Waals surface area contributed by atoms with Crippen molar-refractivity contribution in [3.8, 4) is 0 Å². The fourth-order valence-electron chi connectivity index (χ4n) is 0.946. The van der Waals surface area contributed by atoms with Gasteiger partial charge in [-0.3, -0.25) is 4.79 Å². The fraction of sp³-hybridized carbons (Fsp3) is 0.833. The summed E-state index contributed by atoms with van der Waals surface area (Å²) in [6, 6.07) is 0. The Morgan fingerprint density at radius 2 is 1.62 bits per heavy atom. The predicted molar refractivity (Wildman–Crippen MR) is 29.2 cm³/mol. The third kappa shape index (κ3) is 3.36. The Morgan fingerprint density at radius 1 is 1.12 bits per heavy atom. The molecule has 0 amide bonds. The van der Waals surface area contributed by atoms with E-state index in [1.165, 1.54) is 6.42 Å². The fourth-order valence-corrected chi connectivity index (χ4v) is 0.946. The summed E-state index contributed by atoms with van der Waals surface area (Å²) in [5.74, 6) is 0.464. The van der Waals surface area contributed by atoms with E-state index in [0.717, 1.165) is 25.7 Å². The minimum absolute atomic E-state index is 0. The maximum Gasteiger partial charge on any atom is 1.00 e. The van der Waals surface area contributed by atoms with Crippen molar-refractivity contribution in [2.24, 2.45) is 0 Å². The molecule has 1 fully saturated rings. The summed E-state index contributed by atoms with van der Waals surface area (Å²) in [5, 5.41) is 0. The molecule has 0 aromatic carbocycles. The molecule has 0 unspecified atom stereocenters. The molecule has 0 saturated heterocycles. The van der Waals surface area contributed by atoms with Crippen LogP contribution in [-0.4, -0.2) is 5.78 Å². The molecular weight excluding hydrogens is 127 g/mol. The third-order valence-electron chi connectivity index (χ3n) is 1.41. The van der Waals surface area contributed by atoms with E-state index in [-0.39, 0.29) is 52.8 Å². The molecule has 0 aromatic heterocycles. The van der Waals surface area contributed by atoms with E-state index in [1.54, 1.807) is 0 Å². The minimum atomic E-state index is 0. The molecule has 1 aliphatic rings. The molecule has 0 aromatic rings. The van der Waals surface area contributed by atoms with Crippen LogP contribution in [0.3, 0.4) is 0 Å². The summed E-state index contributed by atoms with van der Waals surface area (Å²) >= 11 is 0. The zero-order valence-electron chi connectivity index (χ0n) is 6.44. The monoisotopic (exact) mass is 138 g/mol. The van der Waals surface area contributed by atoms with Gasteiger partial charge in [-0.15, -0.1) is 0 Å². The van der Waals surface area contributed by atoms with Gasteiger partial charge in [0.1, 0.15) is 5.78 Å². The van der Waals surface area contributed by atoms with Crippen molar-refractivity contribution in [2.75, 3.05) is 0 Å². The van der Waals surface area contributed by atoms with Gasteiger partial charge < -0.3 is 1.43 Å². The molecule has 1 nitrogen and oxygen atoms in total. The summed E-state index contributed by atoms with van der Waals surface area (Å²) in [6.45, 7) is 0. The molecule has 0 N–H and O–H groups in total. The van der Waals surface area contributed by atoms with Crippen molar-refractivity contribution in [3.63, 3.8) is 0 Å². The predicted octanol–water partition coefficient (Wildman–Crippen LogP) is -1.36. The van der Waals surface area contributed by atoms with Crippen LogP contribution >= 0.6 is 0 Å². The second kappa shape index (κ2) is 5.12. The van der Waals surface area contributed by atoms with E-state index >= 15 is 0 Å². The normalized spacial score (nSPS) is 19.8. The molecule has 1 saturated carbocycles. The van der Waals surface area contributed by atoms with Crippen LogP contribution in [-0.2, 0) is 4.79 Å². The standard InChI is InChI=1S/C6H10O.K.H/c7-6-4-2-1-3-5-6;;/h1-5H2;;/q;+1;-1. The van der Waals surface area contributed by atoms with Crippen molar-refractivity contribution in [2.45, 2.75) is 32.1 Å². The van der Waals surface area contributed by atoms with Crippen LogP contribution in [0.5, 0.6) is 0 Å². The van der Waals surface area contributed by atoms with Crippen LogP contribution in [0.15, 0.2) is 0 Å². The van der Waals surface area contributed by atoms with Gasteiger partial charge in [0.25, 0.3) is 0 Å². The SMILES string of the molecule is O=C1CCCCC1.[H-].[K+]. The number of rotatable bonds is 0. The van der Waals surface area contributed by atoms with E-state index < -0.39 is 0 Å². The van der Waals surface area contributed by atoms with E-state index in [4.69, 9.17) is 0 Å². The van der Waals surface area contributed by atoms with Gasteiger partial charge in [-0.05, 0) is 12.8 Å². The average molecular weight is 138 g/mol. The van der Waals surface area contributed by atoms with Gasteiger partial charge in [-0.25, -0.2) is 0 Å². The third-order valence-corrected chi connectivity index (χ3v) is 1.41. The van der Waals surface area contributed by atoms with Crippen LogP contribution in [0.1, 0.15) is 33.5 Å². The van der Waals surface area contributed by atoms with Crippen molar-refractivity contribution in [1.29, 1.82) is 0 Å². The molecule has 1 rings (SSSR count). The summed E-state index contributed by atoms with van der Waals surface area (Å²) in [6.07, 6.45) is 5.24. The summed E-state index contributed by atoms with van der Waals surface area (Å²) in [5.41, 5.74) is 0. The van der Waals surface area contributed by atoms with Crippen LogP contribution in [0.2, 0.25) is 0 Å². The van der Waals surface area contributed by atoms with Crippen molar-refractivity contribution < 1.29 is 57.6 Å². The first-order valence-corrected chi connectivity index (χ1v) is 2.91. The maximum atomic E-state index is 10.5. The molecule has 42 valence electrons. The van der Waals surface area contributed by atoms with Gasteiger partial charge in [-0.1, -0.05) is 6.42 Å². The van der Waals surface area contributed by atoms with Gasteiger partial charge in [0.15, 0.2) is 0 Å². The zero-order valence-corrected chi connectivity index (χ0v) is 8.57. The quantitative estimate of drug-likeness (QED) is 0.378. The van der Waals surface area contributed by atoms with Gasteiger partial charge in [0.05, 0.1) is 0 Å². The first-order valence-electron chi connectivity index (χ1n) is 2.91. The summed E-state index contributed by atoms with van der Waals surface area (Å²) in [4.78, 5) is 10.5. The van der Waals surface area contributed by atoms with Gasteiger partial charge in [-0.2, -0.15) is 0 Å². The molecule has 0 heterocycles. The molecule has 2 heteroatoms. The van der Waals surface area contributed by atoms with Crippen LogP contribution in [0.25, 0.3) is 0 Å². The molecule has 0 spiro atoms. The first kappa shape index (κ1) is 9.31. The molecule has 8 heavy (non-hydrogen) atoms. The molecule has 0 aliphatic heterocycles. The van der Waals surface area contributed by atoms with Crippen molar-refractivity contribution >= 4 is 5.78 Å². The Balaban J connectivity index is 0. The average Bonchev–Trinajstić information content (AvgIpc) is 1.69.